The molecule has 0 aliphatic rings. The lowest BCUT2D eigenvalue weighted by molar-refractivity contribution is -0.133. The lowest BCUT2D eigenvalue weighted by Crippen LogP contribution is -2.43. The van der Waals surface area contributed by atoms with E-state index in [1.165, 1.54) is 31.3 Å². The number of hydrogen-bond donors (Lipinski definition) is 0. The molecule has 0 fully saturated rings. The monoisotopic (exact) mass is 542 g/mol. The van der Waals surface area contributed by atoms with Gasteiger partial charge in [0.2, 0.25) is 5.91 Å². The molecular weight excluding hydrogens is 507 g/mol. The van der Waals surface area contributed by atoms with Gasteiger partial charge in [0.25, 0.3) is 5.91 Å². The van der Waals surface area contributed by atoms with Gasteiger partial charge in [-0.15, -0.1) is 11.3 Å². The van der Waals surface area contributed by atoms with Gasteiger partial charge >= 0.3 is 0 Å². The number of amides is 2. The fourth-order valence-corrected chi connectivity index (χ4v) is 4.83. The van der Waals surface area contributed by atoms with Crippen molar-refractivity contribution in [2.75, 3.05) is 40.5 Å². The minimum Gasteiger partial charge on any atom is -0.497 e. The third kappa shape index (κ3) is 8.29. The molecule has 0 bridgehead atoms. The number of halogens is 1. The number of carbonyl (C=O) groups is 2. The first-order valence-electron chi connectivity index (χ1n) is 12.5. The summed E-state index contributed by atoms with van der Waals surface area (Å²) < 4.78 is 29.6. The SMILES string of the molecule is CCOCCCN(CC(=O)N(Cc1ccc(F)cc1)Cc1sccc1C)C(=O)c1cc(OC)cc(OC)c1. The summed E-state index contributed by atoms with van der Waals surface area (Å²) in [5.74, 6) is 0.127. The third-order valence-corrected chi connectivity index (χ3v) is 7.08. The Morgan fingerprint density at radius 2 is 1.63 bits per heavy atom. The summed E-state index contributed by atoms with van der Waals surface area (Å²) in [5, 5.41) is 1.99. The Kier molecular flexibility index (Phi) is 11.1. The maximum absolute atomic E-state index is 13.7. The Labute approximate surface area is 227 Å². The smallest absolute Gasteiger partial charge is 0.254 e. The van der Waals surface area contributed by atoms with E-state index in [1.807, 2.05) is 25.3 Å². The molecule has 0 saturated carbocycles. The molecule has 0 spiro atoms. The van der Waals surface area contributed by atoms with Crippen LogP contribution in [0.5, 0.6) is 11.5 Å². The molecule has 0 saturated heterocycles. The standard InChI is InChI=1S/C29H35FN2O5S/c1-5-37-13-6-12-31(29(34)23-15-25(35-3)17-26(16-23)36-4)20-28(33)32(19-27-21(2)11-14-38-27)18-22-7-9-24(30)10-8-22/h7-11,14-17H,5-6,12-13,18-20H2,1-4H3. The fourth-order valence-electron chi connectivity index (χ4n) is 3.91. The quantitative estimate of drug-likeness (QED) is 0.258. The summed E-state index contributed by atoms with van der Waals surface area (Å²) in [6.07, 6.45) is 0.579. The van der Waals surface area contributed by atoms with Crippen LogP contribution < -0.4 is 9.47 Å². The highest BCUT2D eigenvalue weighted by molar-refractivity contribution is 7.10. The molecule has 7 nitrogen and oxygen atoms in total. The van der Waals surface area contributed by atoms with Gasteiger partial charge in [-0.2, -0.15) is 0 Å². The molecular formula is C29H35FN2O5S. The van der Waals surface area contributed by atoms with Crippen LogP contribution in [-0.2, 0) is 22.6 Å². The molecule has 9 heteroatoms. The number of benzene rings is 2. The van der Waals surface area contributed by atoms with Gasteiger partial charge in [0.15, 0.2) is 0 Å². The van der Waals surface area contributed by atoms with Crippen molar-refractivity contribution in [3.63, 3.8) is 0 Å². The number of methoxy groups -OCH3 is 2. The third-order valence-electron chi connectivity index (χ3n) is 6.07. The van der Waals surface area contributed by atoms with E-state index in [0.29, 0.717) is 56.3 Å². The highest BCUT2D eigenvalue weighted by atomic mass is 32.1. The molecule has 2 amide bonds. The lowest BCUT2D eigenvalue weighted by atomic mass is 10.1. The molecule has 0 radical (unpaired) electrons. The van der Waals surface area contributed by atoms with Crippen molar-refractivity contribution in [3.05, 3.63) is 81.3 Å². The first-order valence-corrected chi connectivity index (χ1v) is 13.4. The van der Waals surface area contributed by atoms with Crippen molar-refractivity contribution < 1.29 is 28.2 Å². The topological polar surface area (TPSA) is 68.3 Å². The first-order chi connectivity index (χ1) is 18.3. The molecule has 1 aromatic heterocycles. The molecule has 3 rings (SSSR count). The zero-order chi connectivity index (χ0) is 27.5. The number of ether oxygens (including phenoxy) is 3. The van der Waals surface area contributed by atoms with Crippen LogP contribution in [0, 0.1) is 12.7 Å². The number of aryl methyl sites for hydroxylation is 1. The van der Waals surface area contributed by atoms with E-state index in [9.17, 15) is 14.0 Å². The Balaban J connectivity index is 1.86. The molecule has 0 N–H and O–H groups in total. The largest absolute Gasteiger partial charge is 0.497 e. The Hall–Kier alpha value is -3.43. The van der Waals surface area contributed by atoms with Crippen molar-refractivity contribution in [2.24, 2.45) is 0 Å². The maximum Gasteiger partial charge on any atom is 0.254 e. The second kappa shape index (κ2) is 14.5. The molecule has 1 heterocycles. The van der Waals surface area contributed by atoms with Crippen molar-refractivity contribution in [2.45, 2.75) is 33.4 Å². The fraction of sp³-hybridized carbons (Fsp3) is 0.379. The van der Waals surface area contributed by atoms with Gasteiger partial charge in [-0.25, -0.2) is 4.39 Å². The van der Waals surface area contributed by atoms with E-state index >= 15 is 0 Å². The average molecular weight is 543 g/mol. The summed E-state index contributed by atoms with van der Waals surface area (Å²) >= 11 is 1.58. The van der Waals surface area contributed by atoms with Gasteiger partial charge in [0.1, 0.15) is 23.9 Å². The van der Waals surface area contributed by atoms with Crippen molar-refractivity contribution in [1.82, 2.24) is 9.80 Å². The van der Waals surface area contributed by atoms with Gasteiger partial charge in [-0.05, 0) is 67.1 Å². The molecule has 204 valence electrons. The number of carbonyl (C=O) groups excluding carboxylic acids is 2. The predicted molar refractivity (Wildman–Crippen MR) is 146 cm³/mol. The summed E-state index contributed by atoms with van der Waals surface area (Å²) in [5.41, 5.74) is 2.27. The van der Waals surface area contributed by atoms with Gasteiger partial charge in [0.05, 0.1) is 20.8 Å². The maximum atomic E-state index is 13.7. The van der Waals surface area contributed by atoms with Gasteiger partial charge in [-0.3, -0.25) is 9.59 Å². The summed E-state index contributed by atoms with van der Waals surface area (Å²) in [6.45, 7) is 5.89. The van der Waals surface area contributed by atoms with Crippen molar-refractivity contribution in [1.29, 1.82) is 0 Å². The molecule has 0 aliphatic heterocycles. The van der Waals surface area contributed by atoms with Crippen LogP contribution in [0.1, 0.15) is 39.7 Å². The minimum atomic E-state index is -0.333. The number of hydrogen-bond acceptors (Lipinski definition) is 6. The summed E-state index contributed by atoms with van der Waals surface area (Å²) in [6, 6.07) is 13.1. The normalized spacial score (nSPS) is 10.8. The average Bonchev–Trinajstić information content (AvgIpc) is 3.34. The highest BCUT2D eigenvalue weighted by Crippen LogP contribution is 2.24. The summed E-state index contributed by atoms with van der Waals surface area (Å²) in [4.78, 5) is 31.7. The molecule has 0 atom stereocenters. The number of nitrogens with zero attached hydrogens (tertiary/aromatic N) is 2. The molecule has 2 aromatic carbocycles. The van der Waals surface area contributed by atoms with E-state index in [0.717, 1.165) is 16.0 Å². The number of rotatable bonds is 14. The first kappa shape index (κ1) is 29.1. The van der Waals surface area contributed by atoms with E-state index < -0.39 is 0 Å². The van der Waals surface area contributed by atoms with Crippen molar-refractivity contribution in [3.8, 4) is 11.5 Å². The number of thiophene rings is 1. The van der Waals surface area contributed by atoms with Crippen LogP contribution in [0.2, 0.25) is 0 Å². The van der Waals surface area contributed by atoms with Crippen molar-refractivity contribution >= 4 is 23.2 Å². The second-order valence-electron chi connectivity index (χ2n) is 8.78. The Morgan fingerprint density at radius 3 is 2.21 bits per heavy atom. The van der Waals surface area contributed by atoms with Gasteiger partial charge in [-0.1, -0.05) is 12.1 Å². The van der Waals surface area contributed by atoms with Crippen LogP contribution in [0.4, 0.5) is 4.39 Å². The van der Waals surface area contributed by atoms with E-state index in [4.69, 9.17) is 14.2 Å². The summed E-state index contributed by atoms with van der Waals surface area (Å²) in [7, 11) is 3.04. The Morgan fingerprint density at radius 1 is 0.947 bits per heavy atom. The zero-order valence-electron chi connectivity index (χ0n) is 22.4. The predicted octanol–water partition coefficient (Wildman–Crippen LogP) is 5.31. The second-order valence-corrected chi connectivity index (χ2v) is 9.78. The molecule has 38 heavy (non-hydrogen) atoms. The van der Waals surface area contributed by atoms with Gasteiger partial charge in [0, 0.05) is 42.8 Å². The Bertz CT molecular complexity index is 1180. The lowest BCUT2D eigenvalue weighted by Gasteiger charge is -2.28. The van der Waals surface area contributed by atoms with Crippen LogP contribution in [0.25, 0.3) is 0 Å². The minimum absolute atomic E-state index is 0.115. The van der Waals surface area contributed by atoms with Crippen LogP contribution in [-0.4, -0.2) is 62.1 Å². The highest BCUT2D eigenvalue weighted by Gasteiger charge is 2.24. The molecule has 3 aromatic rings. The van der Waals surface area contributed by atoms with E-state index in [2.05, 4.69) is 0 Å². The molecule has 0 unspecified atom stereocenters. The van der Waals surface area contributed by atoms with Gasteiger partial charge < -0.3 is 24.0 Å². The van der Waals surface area contributed by atoms with Crippen LogP contribution in [0.3, 0.4) is 0 Å². The van der Waals surface area contributed by atoms with Crippen LogP contribution in [0.15, 0.2) is 53.9 Å². The molecule has 0 aliphatic carbocycles. The van der Waals surface area contributed by atoms with E-state index in [1.54, 1.807) is 46.6 Å². The van der Waals surface area contributed by atoms with Crippen LogP contribution >= 0.6 is 11.3 Å². The van der Waals surface area contributed by atoms with E-state index in [-0.39, 0.29) is 24.2 Å². The zero-order valence-corrected chi connectivity index (χ0v) is 23.2.